The fourth-order valence-electron chi connectivity index (χ4n) is 1.17. The minimum absolute atomic E-state index is 0.0554. The number of primary amides is 1. The molecule has 3 nitrogen and oxygen atoms in total. The van der Waals surface area contributed by atoms with Crippen LogP contribution in [0.1, 0.15) is 15.9 Å². The zero-order chi connectivity index (χ0) is 12.3. The number of aryl methyl sites for hydroxylation is 1. The van der Waals surface area contributed by atoms with Gasteiger partial charge >= 0.3 is 6.18 Å². The largest absolute Gasteiger partial charge is 0.484 e. The maximum atomic E-state index is 11.9. The molecule has 1 aromatic carbocycles. The monoisotopic (exact) mass is 233 g/mol. The molecule has 1 amide bonds. The quantitative estimate of drug-likeness (QED) is 0.868. The Labute approximate surface area is 90.0 Å². The molecular formula is C10H10F3NO2. The zero-order valence-electron chi connectivity index (χ0n) is 8.47. The normalized spacial score (nSPS) is 11.2. The van der Waals surface area contributed by atoms with E-state index in [1.165, 1.54) is 18.2 Å². The molecule has 0 heterocycles. The van der Waals surface area contributed by atoms with Crippen LogP contribution in [0.2, 0.25) is 0 Å². The molecule has 0 atom stereocenters. The number of carbonyl (C=O) groups excluding carboxylic acids is 1. The molecule has 0 spiro atoms. The van der Waals surface area contributed by atoms with Gasteiger partial charge in [-0.3, -0.25) is 4.79 Å². The van der Waals surface area contributed by atoms with E-state index in [1.54, 1.807) is 6.92 Å². The first-order valence-corrected chi connectivity index (χ1v) is 4.39. The summed E-state index contributed by atoms with van der Waals surface area (Å²) in [4.78, 5) is 10.9. The number of ether oxygens (including phenoxy) is 1. The van der Waals surface area contributed by atoms with Gasteiger partial charge in [0.05, 0.1) is 0 Å². The Morgan fingerprint density at radius 3 is 2.50 bits per heavy atom. The van der Waals surface area contributed by atoms with E-state index in [2.05, 4.69) is 4.74 Å². The first-order valence-electron chi connectivity index (χ1n) is 4.39. The summed E-state index contributed by atoms with van der Waals surface area (Å²) in [5.74, 6) is -0.570. The summed E-state index contributed by atoms with van der Waals surface area (Å²) < 4.78 is 40.1. The van der Waals surface area contributed by atoms with E-state index in [-0.39, 0.29) is 11.3 Å². The Bertz CT molecular complexity index is 402. The average molecular weight is 233 g/mol. The third kappa shape index (κ3) is 3.45. The Hall–Kier alpha value is -1.72. The van der Waals surface area contributed by atoms with Crippen LogP contribution in [0.3, 0.4) is 0 Å². The molecule has 1 aromatic rings. The standard InChI is InChI=1S/C10H10F3NO2/c1-6-4-7(16-5-10(11,12)13)2-3-8(6)9(14)15/h2-4H,5H2,1H3,(H2,14,15). The van der Waals surface area contributed by atoms with Gasteiger partial charge in [-0.15, -0.1) is 0 Å². The average Bonchev–Trinajstić information content (AvgIpc) is 2.13. The topological polar surface area (TPSA) is 52.3 Å². The minimum atomic E-state index is -4.38. The zero-order valence-corrected chi connectivity index (χ0v) is 8.47. The van der Waals surface area contributed by atoms with Gasteiger partial charge in [-0.25, -0.2) is 0 Å². The van der Waals surface area contributed by atoms with Crippen molar-refractivity contribution >= 4 is 5.91 Å². The summed E-state index contributed by atoms with van der Waals surface area (Å²) in [5, 5.41) is 0. The minimum Gasteiger partial charge on any atom is -0.484 e. The summed E-state index contributed by atoms with van der Waals surface area (Å²) in [7, 11) is 0. The van der Waals surface area contributed by atoms with Crippen molar-refractivity contribution in [1.82, 2.24) is 0 Å². The lowest BCUT2D eigenvalue weighted by atomic mass is 10.1. The van der Waals surface area contributed by atoms with Crippen LogP contribution >= 0.6 is 0 Å². The van der Waals surface area contributed by atoms with E-state index in [0.29, 0.717) is 5.56 Å². The maximum Gasteiger partial charge on any atom is 0.422 e. The van der Waals surface area contributed by atoms with E-state index in [0.717, 1.165) is 0 Å². The molecule has 0 aliphatic heterocycles. The lowest BCUT2D eigenvalue weighted by molar-refractivity contribution is -0.153. The van der Waals surface area contributed by atoms with Crippen molar-refractivity contribution in [2.45, 2.75) is 13.1 Å². The van der Waals surface area contributed by atoms with Gasteiger partial charge in [-0.2, -0.15) is 13.2 Å². The Kier molecular flexibility index (Phi) is 3.41. The molecule has 16 heavy (non-hydrogen) atoms. The lowest BCUT2D eigenvalue weighted by Crippen LogP contribution is -2.19. The molecule has 2 N–H and O–H groups in total. The lowest BCUT2D eigenvalue weighted by Gasteiger charge is -2.10. The highest BCUT2D eigenvalue weighted by atomic mass is 19.4. The van der Waals surface area contributed by atoms with Crippen LogP contribution in [0.4, 0.5) is 13.2 Å². The van der Waals surface area contributed by atoms with Gasteiger partial charge in [0.25, 0.3) is 0 Å². The number of amides is 1. The van der Waals surface area contributed by atoms with E-state index in [9.17, 15) is 18.0 Å². The molecule has 0 bridgehead atoms. The number of carbonyl (C=O) groups is 1. The predicted octanol–water partition coefficient (Wildman–Crippen LogP) is 2.04. The number of alkyl halides is 3. The van der Waals surface area contributed by atoms with Crippen molar-refractivity contribution in [3.05, 3.63) is 29.3 Å². The summed E-state index contributed by atoms with van der Waals surface area (Å²) in [6.45, 7) is 0.211. The SMILES string of the molecule is Cc1cc(OCC(F)(F)F)ccc1C(N)=O. The molecule has 0 radical (unpaired) electrons. The number of nitrogens with two attached hydrogens (primary N) is 1. The second kappa shape index (κ2) is 4.42. The predicted molar refractivity (Wildman–Crippen MR) is 51.2 cm³/mol. The number of halogens is 3. The molecule has 0 aliphatic carbocycles. The molecule has 0 aliphatic rings. The third-order valence-electron chi connectivity index (χ3n) is 1.87. The van der Waals surface area contributed by atoms with Crippen LogP contribution in [0.25, 0.3) is 0 Å². The summed E-state index contributed by atoms with van der Waals surface area (Å²) in [6, 6.07) is 3.95. The van der Waals surface area contributed by atoms with Gasteiger partial charge in [0.2, 0.25) is 5.91 Å². The highest BCUT2D eigenvalue weighted by Gasteiger charge is 2.28. The van der Waals surface area contributed by atoms with Crippen LogP contribution in [0.5, 0.6) is 5.75 Å². The van der Waals surface area contributed by atoms with Crippen molar-refractivity contribution in [1.29, 1.82) is 0 Å². The fourth-order valence-corrected chi connectivity index (χ4v) is 1.17. The Morgan fingerprint density at radius 1 is 1.44 bits per heavy atom. The summed E-state index contributed by atoms with van der Waals surface area (Å²) >= 11 is 0. The Balaban J connectivity index is 2.78. The van der Waals surface area contributed by atoms with E-state index in [1.807, 2.05) is 0 Å². The fraction of sp³-hybridized carbons (Fsp3) is 0.300. The number of benzene rings is 1. The molecule has 0 fully saturated rings. The summed E-state index contributed by atoms with van der Waals surface area (Å²) in [6.07, 6.45) is -4.38. The molecule has 1 rings (SSSR count). The van der Waals surface area contributed by atoms with E-state index < -0.39 is 18.7 Å². The number of hydrogen-bond acceptors (Lipinski definition) is 2. The van der Waals surface area contributed by atoms with Crippen molar-refractivity contribution in [3.63, 3.8) is 0 Å². The maximum absolute atomic E-state index is 11.9. The first-order chi connectivity index (χ1) is 7.29. The van der Waals surface area contributed by atoms with Crippen molar-refractivity contribution < 1.29 is 22.7 Å². The van der Waals surface area contributed by atoms with Crippen LogP contribution in [0.15, 0.2) is 18.2 Å². The first kappa shape index (κ1) is 12.4. The number of rotatable bonds is 3. The second-order valence-electron chi connectivity index (χ2n) is 3.24. The van der Waals surface area contributed by atoms with Crippen LogP contribution in [-0.2, 0) is 0 Å². The van der Waals surface area contributed by atoms with Gasteiger partial charge < -0.3 is 10.5 Å². The van der Waals surface area contributed by atoms with Gasteiger partial charge in [0, 0.05) is 5.56 Å². The molecule has 6 heteroatoms. The van der Waals surface area contributed by atoms with Gasteiger partial charge in [-0.05, 0) is 30.7 Å². The van der Waals surface area contributed by atoms with Crippen LogP contribution < -0.4 is 10.5 Å². The van der Waals surface area contributed by atoms with E-state index in [4.69, 9.17) is 5.73 Å². The smallest absolute Gasteiger partial charge is 0.422 e. The van der Waals surface area contributed by atoms with Crippen molar-refractivity contribution in [2.75, 3.05) is 6.61 Å². The van der Waals surface area contributed by atoms with Gasteiger partial charge in [0.1, 0.15) is 5.75 Å². The highest BCUT2D eigenvalue weighted by Crippen LogP contribution is 2.20. The van der Waals surface area contributed by atoms with Crippen LogP contribution in [-0.4, -0.2) is 18.7 Å². The highest BCUT2D eigenvalue weighted by molar-refractivity contribution is 5.94. The van der Waals surface area contributed by atoms with Crippen molar-refractivity contribution in [3.8, 4) is 5.75 Å². The molecular weight excluding hydrogens is 223 g/mol. The summed E-state index contributed by atoms with van der Waals surface area (Å²) in [5.41, 5.74) is 5.79. The molecule has 0 saturated carbocycles. The van der Waals surface area contributed by atoms with Crippen LogP contribution in [0, 0.1) is 6.92 Å². The van der Waals surface area contributed by atoms with Gasteiger partial charge in [-0.1, -0.05) is 0 Å². The number of hydrogen-bond donors (Lipinski definition) is 1. The molecule has 0 aromatic heterocycles. The molecule has 88 valence electrons. The second-order valence-corrected chi connectivity index (χ2v) is 3.24. The molecule has 0 saturated heterocycles. The Morgan fingerprint density at radius 2 is 2.06 bits per heavy atom. The third-order valence-corrected chi connectivity index (χ3v) is 1.87. The van der Waals surface area contributed by atoms with Gasteiger partial charge in [0.15, 0.2) is 6.61 Å². The molecule has 0 unspecified atom stereocenters. The van der Waals surface area contributed by atoms with E-state index >= 15 is 0 Å². The van der Waals surface area contributed by atoms with Crippen molar-refractivity contribution in [2.24, 2.45) is 5.73 Å².